The molecule has 0 aromatic heterocycles. The van der Waals surface area contributed by atoms with E-state index in [2.05, 4.69) is 5.32 Å². The fourth-order valence-corrected chi connectivity index (χ4v) is 3.34. The molecule has 0 fully saturated rings. The molecule has 0 aliphatic heterocycles. The monoisotopic (exact) mass is 378 g/mol. The van der Waals surface area contributed by atoms with Crippen LogP contribution in [0, 0.1) is 12.7 Å². The van der Waals surface area contributed by atoms with Gasteiger partial charge in [0, 0.05) is 25.2 Å². The Morgan fingerprint density at radius 3 is 2.31 bits per heavy atom. The molecule has 140 valence electrons. The van der Waals surface area contributed by atoms with Gasteiger partial charge >= 0.3 is 0 Å². The molecule has 0 bridgehead atoms. The average Bonchev–Trinajstić information content (AvgIpc) is 2.57. The summed E-state index contributed by atoms with van der Waals surface area (Å²) < 4.78 is 38.8. The van der Waals surface area contributed by atoms with Crippen LogP contribution >= 0.6 is 0 Å². The van der Waals surface area contributed by atoms with E-state index in [1.807, 2.05) is 31.2 Å². The third-order valence-electron chi connectivity index (χ3n) is 4.07. The van der Waals surface area contributed by atoms with Crippen LogP contribution in [0.3, 0.4) is 0 Å². The summed E-state index contributed by atoms with van der Waals surface area (Å²) in [6, 6.07) is 13.6. The Balaban J connectivity index is 1.92. The van der Waals surface area contributed by atoms with E-state index in [1.54, 1.807) is 18.2 Å². The van der Waals surface area contributed by atoms with Gasteiger partial charge in [0.1, 0.15) is 5.82 Å². The summed E-state index contributed by atoms with van der Waals surface area (Å²) in [4.78, 5) is 12.1. The van der Waals surface area contributed by atoms with Gasteiger partial charge in [0.2, 0.25) is 15.9 Å². The van der Waals surface area contributed by atoms with Gasteiger partial charge in [-0.1, -0.05) is 42.5 Å². The van der Waals surface area contributed by atoms with E-state index >= 15 is 0 Å². The van der Waals surface area contributed by atoms with E-state index in [0.717, 1.165) is 21.7 Å². The lowest BCUT2D eigenvalue weighted by Gasteiger charge is -2.20. The molecule has 2 rings (SSSR count). The zero-order valence-electron chi connectivity index (χ0n) is 14.9. The van der Waals surface area contributed by atoms with Crippen LogP contribution in [0.1, 0.15) is 16.7 Å². The van der Waals surface area contributed by atoms with Crippen LogP contribution in [0.2, 0.25) is 0 Å². The molecule has 1 amide bonds. The quantitative estimate of drug-likeness (QED) is 0.766. The van der Waals surface area contributed by atoms with E-state index in [9.17, 15) is 17.6 Å². The maximum absolute atomic E-state index is 13.8. The van der Waals surface area contributed by atoms with Gasteiger partial charge in [0.05, 0.1) is 12.7 Å². The van der Waals surface area contributed by atoms with Crippen molar-refractivity contribution < 1.29 is 17.6 Å². The molecule has 0 atom stereocenters. The van der Waals surface area contributed by atoms with Crippen LogP contribution < -0.4 is 5.32 Å². The van der Waals surface area contributed by atoms with Crippen molar-refractivity contribution in [1.29, 1.82) is 0 Å². The highest BCUT2D eigenvalue weighted by molar-refractivity contribution is 7.88. The van der Waals surface area contributed by atoms with E-state index in [0.29, 0.717) is 5.56 Å². The summed E-state index contributed by atoms with van der Waals surface area (Å²) in [6.45, 7) is 2.10. The number of nitrogens with zero attached hydrogens (tertiary/aromatic N) is 1. The lowest BCUT2D eigenvalue weighted by Crippen LogP contribution is -2.38. The summed E-state index contributed by atoms with van der Waals surface area (Å²) in [5, 5.41) is 2.72. The van der Waals surface area contributed by atoms with Crippen molar-refractivity contribution in [1.82, 2.24) is 9.62 Å². The van der Waals surface area contributed by atoms with Gasteiger partial charge in [0.15, 0.2) is 0 Å². The minimum absolute atomic E-state index is 0.0703. The van der Waals surface area contributed by atoms with Crippen molar-refractivity contribution >= 4 is 15.9 Å². The molecule has 0 heterocycles. The molecule has 2 aromatic rings. The first kappa shape index (κ1) is 20.1. The topological polar surface area (TPSA) is 66.5 Å². The Labute approximate surface area is 153 Å². The number of amides is 1. The molecule has 0 saturated heterocycles. The van der Waals surface area contributed by atoms with Crippen LogP contribution in [-0.4, -0.2) is 38.0 Å². The molecular formula is C19H23FN2O3S. The van der Waals surface area contributed by atoms with Gasteiger partial charge < -0.3 is 5.32 Å². The van der Waals surface area contributed by atoms with E-state index in [1.165, 1.54) is 6.07 Å². The molecule has 2 aromatic carbocycles. The smallest absolute Gasteiger partial charge is 0.224 e. The number of carbonyl (C=O) groups excluding carboxylic acids is 1. The molecule has 0 aliphatic rings. The molecule has 0 radical (unpaired) electrons. The number of hydrogen-bond acceptors (Lipinski definition) is 3. The number of benzene rings is 2. The fourth-order valence-electron chi connectivity index (χ4n) is 2.54. The Hall–Kier alpha value is -2.25. The van der Waals surface area contributed by atoms with Crippen molar-refractivity contribution in [2.75, 3.05) is 19.3 Å². The zero-order chi connectivity index (χ0) is 19.2. The first-order valence-electron chi connectivity index (χ1n) is 8.27. The second-order valence-electron chi connectivity index (χ2n) is 6.14. The van der Waals surface area contributed by atoms with Crippen LogP contribution in [0.4, 0.5) is 4.39 Å². The standard InChI is InChI=1S/C19H23FN2O3S/c1-15-7-3-4-8-16(15)13-19(23)21-11-12-22(26(2,24)25)14-17-9-5-6-10-18(17)20/h3-10H,11-14H2,1-2H3,(H,21,23). The van der Waals surface area contributed by atoms with Crippen molar-refractivity contribution in [2.45, 2.75) is 19.9 Å². The predicted molar refractivity (Wildman–Crippen MR) is 99.5 cm³/mol. The predicted octanol–water partition coefficient (Wildman–Crippen LogP) is 2.25. The highest BCUT2D eigenvalue weighted by Gasteiger charge is 2.18. The minimum Gasteiger partial charge on any atom is -0.354 e. The largest absolute Gasteiger partial charge is 0.354 e. The second kappa shape index (κ2) is 8.91. The molecule has 5 nitrogen and oxygen atoms in total. The summed E-state index contributed by atoms with van der Waals surface area (Å²) in [5.41, 5.74) is 2.25. The second-order valence-corrected chi connectivity index (χ2v) is 8.12. The number of rotatable bonds is 8. The number of halogens is 1. The van der Waals surface area contributed by atoms with Crippen LogP contribution in [-0.2, 0) is 27.8 Å². The maximum Gasteiger partial charge on any atom is 0.224 e. The first-order chi connectivity index (χ1) is 12.3. The highest BCUT2D eigenvalue weighted by Crippen LogP contribution is 2.12. The Kier molecular flexibility index (Phi) is 6.88. The summed E-state index contributed by atoms with van der Waals surface area (Å²) in [7, 11) is -3.53. The number of sulfonamides is 1. The van der Waals surface area contributed by atoms with Crippen LogP contribution in [0.25, 0.3) is 0 Å². The third kappa shape index (κ3) is 5.93. The zero-order valence-corrected chi connectivity index (χ0v) is 15.7. The lowest BCUT2D eigenvalue weighted by atomic mass is 10.1. The first-order valence-corrected chi connectivity index (χ1v) is 10.1. The Bertz CT molecular complexity index is 869. The summed E-state index contributed by atoms with van der Waals surface area (Å²) in [5.74, 6) is -0.636. The molecule has 0 saturated carbocycles. The van der Waals surface area contributed by atoms with E-state index in [-0.39, 0.29) is 32.0 Å². The molecule has 26 heavy (non-hydrogen) atoms. The number of nitrogens with one attached hydrogen (secondary N) is 1. The van der Waals surface area contributed by atoms with E-state index in [4.69, 9.17) is 0 Å². The lowest BCUT2D eigenvalue weighted by molar-refractivity contribution is -0.120. The average molecular weight is 378 g/mol. The Morgan fingerprint density at radius 1 is 1.08 bits per heavy atom. The third-order valence-corrected chi connectivity index (χ3v) is 5.32. The fraction of sp³-hybridized carbons (Fsp3) is 0.316. The van der Waals surface area contributed by atoms with Crippen LogP contribution in [0.5, 0.6) is 0 Å². The molecule has 0 spiro atoms. The van der Waals surface area contributed by atoms with Crippen molar-refractivity contribution in [2.24, 2.45) is 0 Å². The SMILES string of the molecule is Cc1ccccc1CC(=O)NCCN(Cc1ccccc1F)S(C)(=O)=O. The molecule has 0 unspecified atom stereocenters. The molecular weight excluding hydrogens is 355 g/mol. The summed E-state index contributed by atoms with van der Waals surface area (Å²) >= 11 is 0. The number of hydrogen-bond donors (Lipinski definition) is 1. The van der Waals surface area contributed by atoms with Crippen LogP contribution in [0.15, 0.2) is 48.5 Å². The van der Waals surface area contributed by atoms with Crippen molar-refractivity contribution in [3.8, 4) is 0 Å². The number of aryl methyl sites for hydroxylation is 1. The summed E-state index contributed by atoms with van der Waals surface area (Å²) in [6.07, 6.45) is 1.31. The maximum atomic E-state index is 13.8. The molecule has 0 aliphatic carbocycles. The normalized spacial score (nSPS) is 11.5. The van der Waals surface area contributed by atoms with Crippen molar-refractivity contribution in [3.63, 3.8) is 0 Å². The Morgan fingerprint density at radius 2 is 1.69 bits per heavy atom. The van der Waals surface area contributed by atoms with Gasteiger partial charge in [-0.05, 0) is 24.1 Å². The van der Waals surface area contributed by atoms with Gasteiger partial charge in [-0.2, -0.15) is 4.31 Å². The molecule has 7 heteroatoms. The van der Waals surface area contributed by atoms with E-state index < -0.39 is 15.8 Å². The van der Waals surface area contributed by atoms with Gasteiger partial charge in [-0.25, -0.2) is 12.8 Å². The van der Waals surface area contributed by atoms with Gasteiger partial charge in [-0.3, -0.25) is 4.79 Å². The van der Waals surface area contributed by atoms with Crippen molar-refractivity contribution in [3.05, 3.63) is 71.0 Å². The van der Waals surface area contributed by atoms with Gasteiger partial charge in [-0.15, -0.1) is 0 Å². The van der Waals surface area contributed by atoms with Gasteiger partial charge in [0.25, 0.3) is 0 Å². The molecule has 1 N–H and O–H groups in total. The highest BCUT2D eigenvalue weighted by atomic mass is 32.2. The number of carbonyl (C=O) groups is 1. The minimum atomic E-state index is -3.53.